The Kier molecular flexibility index (Phi) is 8.47. The molecule has 1 atom stereocenters. The molecule has 11 heteroatoms. The zero-order valence-corrected chi connectivity index (χ0v) is 20.5. The Morgan fingerprint density at radius 3 is 2.43 bits per heavy atom. The molecule has 1 unspecified atom stereocenters. The van der Waals surface area contributed by atoms with Gasteiger partial charge in [-0.15, -0.1) is 5.10 Å². The van der Waals surface area contributed by atoms with Crippen LogP contribution in [0.5, 0.6) is 5.75 Å². The van der Waals surface area contributed by atoms with E-state index < -0.39 is 17.8 Å². The van der Waals surface area contributed by atoms with E-state index in [1.807, 2.05) is 41.3 Å². The van der Waals surface area contributed by atoms with Crippen molar-refractivity contribution >= 4 is 0 Å². The third kappa shape index (κ3) is 6.69. The molecular weight excluding hydrogens is 485 g/mol. The molecular formula is C26H27F3N6O2. The van der Waals surface area contributed by atoms with Crippen LogP contribution in [-0.2, 0) is 30.5 Å². The highest BCUT2D eigenvalue weighted by molar-refractivity contribution is 5.33. The van der Waals surface area contributed by atoms with Gasteiger partial charge in [-0.3, -0.25) is 9.88 Å². The van der Waals surface area contributed by atoms with Crippen LogP contribution in [0.3, 0.4) is 0 Å². The van der Waals surface area contributed by atoms with Gasteiger partial charge < -0.3 is 9.47 Å². The molecule has 2 heterocycles. The lowest BCUT2D eigenvalue weighted by molar-refractivity contribution is -0.137. The Morgan fingerprint density at radius 2 is 1.76 bits per heavy atom. The largest absolute Gasteiger partial charge is 0.497 e. The molecule has 37 heavy (non-hydrogen) atoms. The van der Waals surface area contributed by atoms with Crippen molar-refractivity contribution < 1.29 is 22.6 Å². The average Bonchev–Trinajstić information content (AvgIpc) is 3.36. The lowest BCUT2D eigenvalue weighted by Gasteiger charge is -2.32. The van der Waals surface area contributed by atoms with Gasteiger partial charge in [0.25, 0.3) is 0 Å². The molecule has 0 saturated heterocycles. The Morgan fingerprint density at radius 1 is 0.973 bits per heavy atom. The Labute approximate surface area is 212 Å². The molecule has 0 aliphatic heterocycles. The number of methoxy groups -OCH3 is 2. The van der Waals surface area contributed by atoms with Crippen molar-refractivity contribution in [2.24, 2.45) is 0 Å². The summed E-state index contributed by atoms with van der Waals surface area (Å²) in [5.74, 6) is 1.12. The van der Waals surface area contributed by atoms with Crippen LogP contribution >= 0.6 is 0 Å². The molecule has 4 rings (SSSR count). The Bertz CT molecular complexity index is 1270. The predicted molar refractivity (Wildman–Crippen MR) is 129 cm³/mol. The van der Waals surface area contributed by atoms with Crippen LogP contribution in [0.1, 0.15) is 34.1 Å². The fraction of sp³-hybridized carbons (Fsp3) is 0.308. The first-order chi connectivity index (χ1) is 17.9. The lowest BCUT2D eigenvalue weighted by atomic mass is 9.99. The second-order valence-corrected chi connectivity index (χ2v) is 8.39. The van der Waals surface area contributed by atoms with Crippen molar-refractivity contribution in [1.29, 1.82) is 0 Å². The second-order valence-electron chi connectivity index (χ2n) is 8.39. The van der Waals surface area contributed by atoms with Crippen LogP contribution < -0.4 is 4.74 Å². The summed E-state index contributed by atoms with van der Waals surface area (Å²) in [7, 11) is 3.15. The number of pyridine rings is 1. The van der Waals surface area contributed by atoms with Crippen molar-refractivity contribution in [3.63, 3.8) is 0 Å². The van der Waals surface area contributed by atoms with Gasteiger partial charge in [-0.05, 0) is 57.4 Å². The molecule has 0 radical (unpaired) electrons. The normalized spacial score (nSPS) is 12.6. The smallest absolute Gasteiger partial charge is 0.416 e. The number of aromatic nitrogens is 5. The van der Waals surface area contributed by atoms with Gasteiger partial charge in [-0.1, -0.05) is 30.3 Å². The summed E-state index contributed by atoms with van der Waals surface area (Å²) < 4.78 is 53.1. The maximum Gasteiger partial charge on any atom is 0.416 e. The fourth-order valence-corrected chi connectivity index (χ4v) is 4.08. The van der Waals surface area contributed by atoms with Gasteiger partial charge in [-0.25, -0.2) is 4.68 Å². The average molecular weight is 513 g/mol. The summed E-state index contributed by atoms with van der Waals surface area (Å²) in [4.78, 5) is 6.24. The van der Waals surface area contributed by atoms with Gasteiger partial charge in [0.2, 0.25) is 0 Å². The number of tetrazole rings is 1. The molecule has 0 bridgehead atoms. The quantitative estimate of drug-likeness (QED) is 0.292. The molecule has 0 aliphatic rings. The molecule has 0 spiro atoms. The predicted octanol–water partition coefficient (Wildman–Crippen LogP) is 4.53. The van der Waals surface area contributed by atoms with Crippen LogP contribution in [-0.4, -0.2) is 50.9 Å². The minimum Gasteiger partial charge on any atom is -0.497 e. The monoisotopic (exact) mass is 512 g/mol. The van der Waals surface area contributed by atoms with Gasteiger partial charge in [0.05, 0.1) is 31.9 Å². The van der Waals surface area contributed by atoms with Crippen molar-refractivity contribution in [3.05, 3.63) is 101 Å². The van der Waals surface area contributed by atoms with Crippen LogP contribution in [0.2, 0.25) is 0 Å². The number of alkyl halides is 3. The third-order valence-corrected chi connectivity index (χ3v) is 5.86. The lowest BCUT2D eigenvalue weighted by Crippen LogP contribution is -2.32. The van der Waals surface area contributed by atoms with Crippen molar-refractivity contribution in [2.75, 3.05) is 20.8 Å². The topological polar surface area (TPSA) is 78.2 Å². The van der Waals surface area contributed by atoms with Crippen molar-refractivity contribution in [3.8, 4) is 5.75 Å². The highest BCUT2D eigenvalue weighted by atomic mass is 19.4. The molecule has 0 saturated carbocycles. The van der Waals surface area contributed by atoms with Gasteiger partial charge in [0.15, 0.2) is 5.82 Å². The molecule has 0 amide bonds. The van der Waals surface area contributed by atoms with Gasteiger partial charge in [0.1, 0.15) is 5.75 Å². The number of halogens is 3. The summed E-state index contributed by atoms with van der Waals surface area (Å²) in [5.41, 5.74) is 1.51. The van der Waals surface area contributed by atoms with E-state index in [-0.39, 0.29) is 0 Å². The Balaban J connectivity index is 1.83. The summed E-state index contributed by atoms with van der Waals surface area (Å²) in [6, 6.07) is 15.9. The molecule has 4 aromatic rings. The molecule has 2 aromatic carbocycles. The fourth-order valence-electron chi connectivity index (χ4n) is 4.08. The number of nitrogens with zero attached hydrogens (tertiary/aromatic N) is 6. The summed E-state index contributed by atoms with van der Waals surface area (Å²) >= 11 is 0. The van der Waals surface area contributed by atoms with Crippen molar-refractivity contribution in [2.45, 2.75) is 31.9 Å². The van der Waals surface area contributed by atoms with E-state index in [1.54, 1.807) is 37.4 Å². The molecule has 194 valence electrons. The number of hydrogen-bond donors (Lipinski definition) is 0. The Hall–Kier alpha value is -3.83. The maximum absolute atomic E-state index is 13.7. The van der Waals surface area contributed by atoms with E-state index in [2.05, 4.69) is 20.5 Å². The van der Waals surface area contributed by atoms with E-state index in [1.165, 1.54) is 6.07 Å². The number of benzene rings is 2. The van der Waals surface area contributed by atoms with E-state index in [9.17, 15) is 13.2 Å². The molecule has 0 N–H and O–H groups in total. The number of hydrogen-bond acceptors (Lipinski definition) is 7. The van der Waals surface area contributed by atoms with Gasteiger partial charge >= 0.3 is 6.18 Å². The highest BCUT2D eigenvalue weighted by Gasteiger charge is 2.34. The zero-order valence-electron chi connectivity index (χ0n) is 20.5. The first-order valence-electron chi connectivity index (χ1n) is 11.6. The van der Waals surface area contributed by atoms with Gasteiger partial charge in [-0.2, -0.15) is 13.2 Å². The van der Waals surface area contributed by atoms with E-state index in [0.717, 1.165) is 23.3 Å². The van der Waals surface area contributed by atoms with Crippen LogP contribution in [0.25, 0.3) is 0 Å². The van der Waals surface area contributed by atoms with E-state index >= 15 is 0 Å². The molecule has 8 nitrogen and oxygen atoms in total. The first-order valence-corrected chi connectivity index (χ1v) is 11.6. The first kappa shape index (κ1) is 26.2. The third-order valence-electron chi connectivity index (χ3n) is 5.86. The SMILES string of the molecule is COCCn1nnnc1C(c1cccc(C(F)(F)F)c1)N(Cc1ccc(OC)cc1)Cc1cccnc1. The maximum atomic E-state index is 13.7. The molecule has 0 fully saturated rings. The van der Waals surface area contributed by atoms with Crippen LogP contribution in [0, 0.1) is 0 Å². The van der Waals surface area contributed by atoms with Crippen LogP contribution in [0.15, 0.2) is 73.1 Å². The van der Waals surface area contributed by atoms with E-state index in [0.29, 0.717) is 43.4 Å². The number of ether oxygens (including phenoxy) is 2. The molecule has 2 aromatic heterocycles. The standard InChI is InChI=1S/C26H27F3N6O2/c1-36-14-13-35-25(31-32-33-35)24(21-6-3-7-22(15-21)26(27,28)29)34(18-20-5-4-12-30-16-20)17-19-8-10-23(37-2)11-9-19/h3-12,15-16,24H,13-14,17-18H2,1-2H3. The summed E-state index contributed by atoms with van der Waals surface area (Å²) in [5, 5.41) is 12.2. The summed E-state index contributed by atoms with van der Waals surface area (Å²) in [6.45, 7) is 1.47. The zero-order chi connectivity index (χ0) is 26.3. The second kappa shape index (κ2) is 11.9. The number of rotatable bonds is 11. The highest BCUT2D eigenvalue weighted by Crippen LogP contribution is 2.35. The minimum absolute atomic E-state index is 0.342. The summed E-state index contributed by atoms with van der Waals surface area (Å²) in [6.07, 6.45) is -1.09. The van der Waals surface area contributed by atoms with E-state index in [4.69, 9.17) is 9.47 Å². The van der Waals surface area contributed by atoms with Gasteiger partial charge in [0, 0.05) is 32.6 Å². The van der Waals surface area contributed by atoms with Crippen LogP contribution in [0.4, 0.5) is 13.2 Å². The minimum atomic E-state index is -4.49. The molecule has 0 aliphatic carbocycles. The van der Waals surface area contributed by atoms with Crippen molar-refractivity contribution in [1.82, 2.24) is 30.1 Å².